The Morgan fingerprint density at radius 2 is 2.10 bits per heavy atom. The molecule has 2 aromatic rings. The van der Waals surface area contributed by atoms with Gasteiger partial charge in [-0.3, -0.25) is 9.52 Å². The number of benzene rings is 1. The lowest BCUT2D eigenvalue weighted by Crippen LogP contribution is -2.18. The van der Waals surface area contributed by atoms with E-state index in [0.717, 1.165) is 0 Å². The summed E-state index contributed by atoms with van der Waals surface area (Å²) in [5.41, 5.74) is 6.39. The van der Waals surface area contributed by atoms with Crippen LogP contribution in [0.5, 0.6) is 0 Å². The third-order valence-corrected chi connectivity index (χ3v) is 5.10. The van der Waals surface area contributed by atoms with Crippen LogP contribution in [0.4, 0.5) is 5.82 Å². The zero-order chi connectivity index (χ0) is 15.6. The summed E-state index contributed by atoms with van der Waals surface area (Å²) >= 11 is 3.31. The predicted molar refractivity (Wildman–Crippen MR) is 82.4 cm³/mol. The molecule has 0 radical (unpaired) electrons. The van der Waals surface area contributed by atoms with Crippen molar-refractivity contribution >= 4 is 31.8 Å². The van der Waals surface area contributed by atoms with Crippen molar-refractivity contribution in [2.75, 3.05) is 4.72 Å². The number of nitrogens with one attached hydrogen (secondary N) is 2. The Kier molecular flexibility index (Phi) is 4.45. The molecule has 0 atom stereocenters. The minimum atomic E-state index is -3.83. The van der Waals surface area contributed by atoms with Gasteiger partial charge in [0, 0.05) is 17.1 Å². The average Bonchev–Trinajstić information content (AvgIpc) is 2.43. The fourth-order valence-corrected chi connectivity index (χ4v) is 3.66. The number of nitrogens with zero attached hydrogens (tertiary/aromatic N) is 1. The number of aromatic amines is 1. The van der Waals surface area contributed by atoms with Crippen LogP contribution in [0.3, 0.4) is 0 Å². The highest BCUT2D eigenvalue weighted by Gasteiger charge is 2.20. The van der Waals surface area contributed by atoms with Crippen LogP contribution < -0.4 is 16.0 Å². The van der Waals surface area contributed by atoms with Crippen molar-refractivity contribution < 1.29 is 8.42 Å². The van der Waals surface area contributed by atoms with Crippen LogP contribution >= 0.6 is 15.9 Å². The van der Waals surface area contributed by atoms with Gasteiger partial charge >= 0.3 is 0 Å². The summed E-state index contributed by atoms with van der Waals surface area (Å²) in [5.74, 6) is 0.0308. The molecule has 0 amide bonds. The maximum Gasteiger partial charge on any atom is 0.264 e. The average molecular weight is 373 g/mol. The second-order valence-electron chi connectivity index (χ2n) is 4.32. The highest BCUT2D eigenvalue weighted by molar-refractivity contribution is 9.10. The number of hydrogen-bond donors (Lipinski definition) is 3. The molecule has 21 heavy (non-hydrogen) atoms. The van der Waals surface area contributed by atoms with Gasteiger partial charge in [0.2, 0.25) is 0 Å². The second-order valence-corrected chi connectivity index (χ2v) is 6.82. The highest BCUT2D eigenvalue weighted by Crippen LogP contribution is 2.26. The molecule has 2 rings (SSSR count). The molecular formula is C12H13BrN4O3S. The van der Waals surface area contributed by atoms with Gasteiger partial charge in [0.25, 0.3) is 15.6 Å². The van der Waals surface area contributed by atoms with E-state index >= 15 is 0 Å². The largest absolute Gasteiger partial charge is 0.326 e. The summed E-state index contributed by atoms with van der Waals surface area (Å²) in [4.78, 5) is 11.0. The van der Waals surface area contributed by atoms with E-state index in [1.165, 1.54) is 18.2 Å². The summed E-state index contributed by atoms with van der Waals surface area (Å²) in [6.45, 7) is 1.90. The molecule has 0 spiro atoms. The Bertz CT molecular complexity index is 812. The van der Waals surface area contributed by atoms with Crippen LogP contribution in [0.15, 0.2) is 38.4 Å². The number of nitrogens with two attached hydrogens (primary N) is 1. The quantitative estimate of drug-likeness (QED) is 0.742. The molecule has 0 unspecified atom stereocenters. The molecule has 0 aliphatic rings. The first-order valence-electron chi connectivity index (χ1n) is 5.91. The molecule has 4 N–H and O–H groups in total. The summed E-state index contributed by atoms with van der Waals surface area (Å²) in [5, 5.41) is 5.78. The van der Waals surface area contributed by atoms with Crippen molar-refractivity contribution in [3.63, 3.8) is 0 Å². The topological polar surface area (TPSA) is 118 Å². The summed E-state index contributed by atoms with van der Waals surface area (Å²) in [7, 11) is -3.83. The van der Waals surface area contributed by atoms with Crippen LogP contribution in [0.25, 0.3) is 0 Å². The van der Waals surface area contributed by atoms with E-state index in [0.29, 0.717) is 15.6 Å². The van der Waals surface area contributed by atoms with E-state index in [-0.39, 0.29) is 17.3 Å². The molecule has 1 heterocycles. The van der Waals surface area contributed by atoms with E-state index in [4.69, 9.17) is 5.73 Å². The van der Waals surface area contributed by atoms with Gasteiger partial charge < -0.3 is 5.73 Å². The molecule has 0 aliphatic carbocycles. The maximum absolute atomic E-state index is 12.4. The molecule has 9 heteroatoms. The van der Waals surface area contributed by atoms with Crippen LogP contribution in [-0.4, -0.2) is 18.6 Å². The Morgan fingerprint density at radius 3 is 2.67 bits per heavy atom. The fraction of sp³-hybridized carbons (Fsp3) is 0.167. The highest BCUT2D eigenvalue weighted by atomic mass is 79.9. The summed E-state index contributed by atoms with van der Waals surface area (Å²) < 4.78 is 27.8. The summed E-state index contributed by atoms with van der Waals surface area (Å²) in [6, 6.07) is 5.75. The van der Waals surface area contributed by atoms with Crippen molar-refractivity contribution in [2.45, 2.75) is 18.4 Å². The second kappa shape index (κ2) is 5.96. The minimum absolute atomic E-state index is 0.0308. The Labute approximate surface area is 129 Å². The Balaban J connectivity index is 2.46. The van der Waals surface area contributed by atoms with Crippen molar-refractivity contribution in [1.82, 2.24) is 10.2 Å². The van der Waals surface area contributed by atoms with Crippen molar-refractivity contribution in [1.29, 1.82) is 0 Å². The summed E-state index contributed by atoms with van der Waals surface area (Å²) in [6.07, 6.45) is 0. The molecule has 0 bridgehead atoms. The number of rotatable bonds is 4. The molecule has 7 nitrogen and oxygen atoms in total. The molecular weight excluding hydrogens is 360 g/mol. The monoisotopic (exact) mass is 372 g/mol. The normalized spacial score (nSPS) is 11.4. The van der Waals surface area contributed by atoms with Gasteiger partial charge in [-0.2, -0.15) is 5.10 Å². The van der Waals surface area contributed by atoms with Crippen LogP contribution in [0, 0.1) is 6.92 Å². The standard InChI is InChI=1S/C12H13BrN4O3S/c1-7-9(13)4-8(6-14)5-10(7)21(19,20)17-11-2-3-12(18)16-15-11/h2-5H,6,14H2,1H3,(H,15,17)(H,16,18). The van der Waals surface area contributed by atoms with Gasteiger partial charge in [-0.15, -0.1) is 0 Å². The van der Waals surface area contributed by atoms with Crippen LogP contribution in [0.2, 0.25) is 0 Å². The number of hydrogen-bond acceptors (Lipinski definition) is 5. The third-order valence-electron chi connectivity index (χ3n) is 2.80. The number of aromatic nitrogens is 2. The van der Waals surface area contributed by atoms with Crippen LogP contribution in [0.1, 0.15) is 11.1 Å². The van der Waals surface area contributed by atoms with E-state index < -0.39 is 15.6 Å². The van der Waals surface area contributed by atoms with E-state index in [9.17, 15) is 13.2 Å². The number of halogens is 1. The first kappa shape index (κ1) is 15.7. The first-order chi connectivity index (χ1) is 9.83. The Morgan fingerprint density at radius 1 is 1.38 bits per heavy atom. The van der Waals surface area contributed by atoms with Gasteiger partial charge in [0.05, 0.1) is 4.90 Å². The molecule has 112 valence electrons. The molecule has 0 aliphatic heterocycles. The van der Waals surface area contributed by atoms with Crippen molar-refractivity contribution in [3.05, 3.63) is 50.2 Å². The van der Waals surface area contributed by atoms with E-state index in [1.807, 2.05) is 0 Å². The SMILES string of the molecule is Cc1c(Br)cc(CN)cc1S(=O)(=O)Nc1ccc(=O)[nH]n1. The smallest absolute Gasteiger partial charge is 0.264 e. The maximum atomic E-state index is 12.4. The van der Waals surface area contributed by atoms with Gasteiger partial charge in [-0.05, 0) is 36.2 Å². The first-order valence-corrected chi connectivity index (χ1v) is 8.19. The molecule has 1 aromatic carbocycles. The molecule has 1 aromatic heterocycles. The zero-order valence-corrected chi connectivity index (χ0v) is 13.5. The van der Waals surface area contributed by atoms with Gasteiger partial charge in [0.15, 0.2) is 5.82 Å². The molecule has 0 saturated carbocycles. The van der Waals surface area contributed by atoms with Crippen molar-refractivity contribution in [2.24, 2.45) is 5.73 Å². The van der Waals surface area contributed by atoms with Gasteiger partial charge in [0.1, 0.15) is 0 Å². The fourth-order valence-electron chi connectivity index (χ4n) is 1.70. The number of H-pyrrole nitrogens is 1. The van der Waals surface area contributed by atoms with E-state index in [1.54, 1.807) is 13.0 Å². The number of sulfonamides is 1. The van der Waals surface area contributed by atoms with Gasteiger partial charge in [-0.1, -0.05) is 15.9 Å². The molecule has 0 fully saturated rings. The number of anilines is 1. The zero-order valence-electron chi connectivity index (χ0n) is 11.1. The lowest BCUT2D eigenvalue weighted by molar-refractivity contribution is 0.600. The predicted octanol–water partition coefficient (Wildman–Crippen LogP) is 1.10. The molecule has 0 saturated heterocycles. The van der Waals surface area contributed by atoms with Crippen LogP contribution in [-0.2, 0) is 16.6 Å². The third kappa shape index (κ3) is 3.49. The lowest BCUT2D eigenvalue weighted by Gasteiger charge is -2.12. The minimum Gasteiger partial charge on any atom is -0.326 e. The lowest BCUT2D eigenvalue weighted by atomic mass is 10.1. The van der Waals surface area contributed by atoms with E-state index in [2.05, 4.69) is 30.8 Å². The Hall–Kier alpha value is -1.71. The van der Waals surface area contributed by atoms with Crippen molar-refractivity contribution in [3.8, 4) is 0 Å². The van der Waals surface area contributed by atoms with Gasteiger partial charge in [-0.25, -0.2) is 13.5 Å².